The Morgan fingerprint density at radius 3 is 2.40 bits per heavy atom. The highest BCUT2D eigenvalue weighted by Gasteiger charge is 2.37. The quantitative estimate of drug-likeness (QED) is 0.178. The van der Waals surface area contributed by atoms with Crippen molar-refractivity contribution in [3.05, 3.63) is 98.9 Å². The first-order valence-corrected chi connectivity index (χ1v) is 14.9. The Hall–Kier alpha value is -4.49. The molecule has 1 N–H and O–H groups in total. The van der Waals surface area contributed by atoms with Crippen molar-refractivity contribution in [2.45, 2.75) is 12.8 Å². The van der Waals surface area contributed by atoms with E-state index in [2.05, 4.69) is 21.2 Å². The fourth-order valence-electron chi connectivity index (χ4n) is 4.55. The summed E-state index contributed by atoms with van der Waals surface area (Å²) in [4.78, 5) is 39.2. The molecule has 0 aromatic heterocycles. The number of hydrogen-bond acceptors (Lipinski definition) is 7. The second-order valence-corrected chi connectivity index (χ2v) is 11.6. The number of imide groups is 1. The Morgan fingerprint density at radius 2 is 1.69 bits per heavy atom. The molecule has 4 aromatic carbocycles. The van der Waals surface area contributed by atoms with E-state index in [0.717, 1.165) is 28.5 Å². The van der Waals surface area contributed by atoms with Crippen molar-refractivity contribution in [2.75, 3.05) is 26.1 Å². The third-order valence-electron chi connectivity index (χ3n) is 6.72. The lowest BCUT2D eigenvalue weighted by molar-refractivity contribution is -0.137. The highest BCUT2D eigenvalue weighted by molar-refractivity contribution is 9.10. The van der Waals surface area contributed by atoms with Crippen molar-refractivity contribution in [2.24, 2.45) is 0 Å². The van der Waals surface area contributed by atoms with Crippen LogP contribution in [-0.4, -0.2) is 42.7 Å². The molecular formula is C32H24BrF3N2O6S. The van der Waals surface area contributed by atoms with E-state index >= 15 is 0 Å². The van der Waals surface area contributed by atoms with Crippen molar-refractivity contribution >= 4 is 67.3 Å². The predicted octanol–water partition coefficient (Wildman–Crippen LogP) is 7.89. The Bertz CT molecular complexity index is 1850. The minimum Gasteiger partial charge on any atom is -0.495 e. The Morgan fingerprint density at radius 1 is 0.956 bits per heavy atom. The van der Waals surface area contributed by atoms with Crippen LogP contribution in [0.5, 0.6) is 17.2 Å². The largest absolute Gasteiger partial charge is 0.495 e. The third-order valence-corrected chi connectivity index (χ3v) is 8.22. The number of thioether (sulfide) groups is 1. The number of amides is 3. The number of nitrogens with zero attached hydrogens (tertiary/aromatic N) is 1. The molecule has 232 valence electrons. The van der Waals surface area contributed by atoms with E-state index in [-0.39, 0.29) is 22.9 Å². The van der Waals surface area contributed by atoms with E-state index in [1.807, 2.05) is 42.5 Å². The van der Waals surface area contributed by atoms with Crippen LogP contribution in [0.3, 0.4) is 0 Å². The molecule has 0 radical (unpaired) electrons. The van der Waals surface area contributed by atoms with Gasteiger partial charge in [0.1, 0.15) is 18.9 Å². The van der Waals surface area contributed by atoms with Gasteiger partial charge in [-0.1, -0.05) is 36.4 Å². The predicted molar refractivity (Wildman–Crippen MR) is 168 cm³/mol. The van der Waals surface area contributed by atoms with Crippen LogP contribution in [0.15, 0.2) is 82.2 Å². The molecule has 0 saturated carbocycles. The topological polar surface area (TPSA) is 94.2 Å². The van der Waals surface area contributed by atoms with Crippen LogP contribution >= 0.6 is 27.7 Å². The molecule has 1 aliphatic heterocycles. The standard InChI is InChI=1S/C32H24BrF3N2O6S/c1-42-25-10-9-22(32(34,35)36)15-24(25)37-28(39)16-38-30(40)27(45-31(38)41)14-19-12-23(33)29(26(13-19)43-2)44-17-18-7-8-20-5-3-4-6-21(20)11-18/h3-15H,16-17H2,1-2H3,(H,37,39)/b27-14-. The minimum atomic E-state index is -4.65. The first-order valence-electron chi connectivity index (χ1n) is 13.3. The van der Waals surface area contributed by atoms with Gasteiger partial charge in [-0.3, -0.25) is 19.3 Å². The molecule has 0 bridgehead atoms. The summed E-state index contributed by atoms with van der Waals surface area (Å²) in [7, 11) is 2.71. The van der Waals surface area contributed by atoms with Gasteiger partial charge in [-0.25, -0.2) is 0 Å². The zero-order valence-electron chi connectivity index (χ0n) is 23.7. The third kappa shape index (κ3) is 7.26. The van der Waals surface area contributed by atoms with Crippen molar-refractivity contribution in [3.63, 3.8) is 0 Å². The number of ether oxygens (including phenoxy) is 3. The summed E-state index contributed by atoms with van der Waals surface area (Å²) >= 11 is 4.12. The number of carbonyl (C=O) groups is 3. The number of benzene rings is 4. The number of rotatable bonds is 9. The molecular weight excluding hydrogens is 677 g/mol. The molecule has 45 heavy (non-hydrogen) atoms. The number of methoxy groups -OCH3 is 2. The number of carbonyl (C=O) groups excluding carboxylic acids is 3. The molecule has 0 unspecified atom stereocenters. The van der Waals surface area contributed by atoms with Gasteiger partial charge in [0.05, 0.1) is 34.8 Å². The van der Waals surface area contributed by atoms with Crippen LogP contribution in [-0.2, 0) is 22.4 Å². The average Bonchev–Trinajstić information content (AvgIpc) is 3.26. The van der Waals surface area contributed by atoms with E-state index in [1.165, 1.54) is 20.3 Å². The maximum Gasteiger partial charge on any atom is 0.416 e. The zero-order chi connectivity index (χ0) is 32.3. The summed E-state index contributed by atoms with van der Waals surface area (Å²) in [6, 6.07) is 19.9. The molecule has 1 fully saturated rings. The molecule has 4 aromatic rings. The van der Waals surface area contributed by atoms with Crippen LogP contribution in [0.1, 0.15) is 16.7 Å². The summed E-state index contributed by atoms with van der Waals surface area (Å²) in [5.41, 5.74) is 0.218. The number of anilines is 1. The van der Waals surface area contributed by atoms with Crippen molar-refractivity contribution in [1.29, 1.82) is 0 Å². The number of fused-ring (bicyclic) bond motifs is 1. The average molecular weight is 702 g/mol. The monoisotopic (exact) mass is 700 g/mol. The first-order chi connectivity index (χ1) is 21.5. The van der Waals surface area contributed by atoms with Crippen LogP contribution in [0.4, 0.5) is 23.7 Å². The van der Waals surface area contributed by atoms with Gasteiger partial charge in [0.15, 0.2) is 11.5 Å². The van der Waals surface area contributed by atoms with Crippen LogP contribution in [0.2, 0.25) is 0 Å². The minimum absolute atomic E-state index is 0.0189. The van der Waals surface area contributed by atoms with Crippen molar-refractivity contribution in [3.8, 4) is 17.2 Å². The van der Waals surface area contributed by atoms with Gasteiger partial charge in [-0.2, -0.15) is 13.2 Å². The fourth-order valence-corrected chi connectivity index (χ4v) is 5.96. The molecule has 3 amide bonds. The van der Waals surface area contributed by atoms with Crippen molar-refractivity contribution < 1.29 is 41.8 Å². The van der Waals surface area contributed by atoms with Crippen molar-refractivity contribution in [1.82, 2.24) is 4.90 Å². The summed E-state index contributed by atoms with van der Waals surface area (Å²) in [5.74, 6) is -0.811. The first kappa shape index (κ1) is 31.9. The molecule has 1 saturated heterocycles. The van der Waals surface area contributed by atoms with Crippen LogP contribution < -0.4 is 19.5 Å². The normalized spacial score (nSPS) is 14.3. The number of alkyl halides is 3. The Balaban J connectivity index is 1.29. The summed E-state index contributed by atoms with van der Waals surface area (Å²) in [6.45, 7) is -0.442. The van der Waals surface area contributed by atoms with Gasteiger partial charge in [0.25, 0.3) is 11.1 Å². The Kier molecular flexibility index (Phi) is 9.40. The molecule has 1 aliphatic rings. The second kappa shape index (κ2) is 13.2. The molecule has 5 rings (SSSR count). The maximum absolute atomic E-state index is 13.2. The SMILES string of the molecule is COc1ccc(C(F)(F)F)cc1NC(=O)CN1C(=O)S/C(=C\c2cc(Br)c(OCc3ccc4ccccc4c3)c(OC)c2)C1=O. The lowest BCUT2D eigenvalue weighted by Gasteiger charge is -2.16. The summed E-state index contributed by atoms with van der Waals surface area (Å²) < 4.78 is 56.7. The van der Waals surface area contributed by atoms with E-state index in [1.54, 1.807) is 12.1 Å². The summed E-state index contributed by atoms with van der Waals surface area (Å²) in [5, 5.41) is 3.78. The molecule has 0 spiro atoms. The maximum atomic E-state index is 13.2. The Labute approximate surface area is 268 Å². The fraction of sp³-hybridized carbons (Fsp3) is 0.156. The van der Waals surface area contributed by atoms with Gasteiger partial charge < -0.3 is 19.5 Å². The van der Waals surface area contributed by atoms with Gasteiger partial charge in [-0.15, -0.1) is 0 Å². The van der Waals surface area contributed by atoms with Gasteiger partial charge in [0, 0.05) is 0 Å². The number of hydrogen-bond donors (Lipinski definition) is 1. The van der Waals surface area contributed by atoms with E-state index in [0.29, 0.717) is 44.3 Å². The van der Waals surface area contributed by atoms with Gasteiger partial charge in [-0.05, 0) is 92.1 Å². The zero-order valence-corrected chi connectivity index (χ0v) is 26.1. The van der Waals surface area contributed by atoms with Crippen LogP contribution in [0, 0.1) is 0 Å². The highest BCUT2D eigenvalue weighted by atomic mass is 79.9. The summed E-state index contributed by atoms with van der Waals surface area (Å²) in [6.07, 6.45) is -3.18. The molecule has 8 nitrogen and oxygen atoms in total. The number of nitrogens with one attached hydrogen (secondary N) is 1. The lowest BCUT2D eigenvalue weighted by atomic mass is 10.1. The second-order valence-electron chi connectivity index (χ2n) is 9.73. The number of halogens is 4. The molecule has 0 aliphatic carbocycles. The molecule has 0 atom stereocenters. The lowest BCUT2D eigenvalue weighted by Crippen LogP contribution is -2.36. The van der Waals surface area contributed by atoms with E-state index in [4.69, 9.17) is 14.2 Å². The van der Waals surface area contributed by atoms with Gasteiger partial charge >= 0.3 is 6.18 Å². The van der Waals surface area contributed by atoms with E-state index in [9.17, 15) is 27.6 Å². The van der Waals surface area contributed by atoms with E-state index < -0.39 is 35.3 Å². The van der Waals surface area contributed by atoms with Crippen LogP contribution in [0.25, 0.3) is 16.8 Å². The highest BCUT2D eigenvalue weighted by Crippen LogP contribution is 2.40. The molecule has 1 heterocycles. The molecule has 13 heteroatoms. The van der Waals surface area contributed by atoms with Gasteiger partial charge in [0.2, 0.25) is 5.91 Å². The smallest absolute Gasteiger partial charge is 0.416 e.